The minimum absolute atomic E-state index is 0.195. The fraction of sp³-hybridized carbons (Fsp3) is 0.364. The Morgan fingerprint density at radius 3 is 2.45 bits per heavy atom. The minimum Gasteiger partial charge on any atom is -0.497 e. The first kappa shape index (κ1) is 21.2. The monoisotopic (exact) mass is 415 g/mol. The van der Waals surface area contributed by atoms with E-state index in [0.717, 1.165) is 28.4 Å². The van der Waals surface area contributed by atoms with E-state index in [4.69, 9.17) is 9.47 Å². The van der Waals surface area contributed by atoms with Crippen molar-refractivity contribution < 1.29 is 24.0 Å². The molecule has 0 aliphatic carbocycles. The Kier molecular flexibility index (Phi) is 6.82. The van der Waals surface area contributed by atoms with Gasteiger partial charge in [-0.15, -0.1) is 11.8 Å². The number of nitrogens with zero attached hydrogens (tertiary/aromatic N) is 1. The number of thioether (sulfide) groups is 1. The number of methoxy groups -OCH3 is 1. The van der Waals surface area contributed by atoms with Gasteiger partial charge >= 0.3 is 5.97 Å². The summed E-state index contributed by atoms with van der Waals surface area (Å²) in [6.45, 7) is 2.67. The molecule has 0 aromatic heterocycles. The number of para-hydroxylation sites is 1. The van der Waals surface area contributed by atoms with Crippen molar-refractivity contribution in [1.82, 2.24) is 0 Å². The highest BCUT2D eigenvalue weighted by atomic mass is 32.2. The molecule has 2 aromatic rings. The van der Waals surface area contributed by atoms with Gasteiger partial charge in [0.15, 0.2) is 6.10 Å². The first-order valence-electron chi connectivity index (χ1n) is 9.58. The number of quaternary nitrogens is 1. The number of nitrogens with one attached hydrogen (secondary N) is 1. The van der Waals surface area contributed by atoms with Gasteiger partial charge in [0.25, 0.3) is 5.91 Å². The highest BCUT2D eigenvalue weighted by molar-refractivity contribution is 7.99. The molecule has 1 aliphatic heterocycles. The maximum Gasteiger partial charge on any atom is 0.303 e. The standard InChI is InChI=1S/C22H26N2O4S/c1-15(25)28-20-21(16-9-11-17(27-4)12-10-16)29-19-8-6-5-7-18(19)24(22(20)26)14-13-23(2)3/h5-12,20-21H,13-14H2,1-4H3/p+1. The van der Waals surface area contributed by atoms with Crippen LogP contribution in [0.2, 0.25) is 0 Å². The lowest BCUT2D eigenvalue weighted by molar-refractivity contribution is -0.856. The Labute approximate surface area is 175 Å². The van der Waals surface area contributed by atoms with E-state index in [1.165, 1.54) is 11.8 Å². The van der Waals surface area contributed by atoms with Crippen LogP contribution in [0, 0.1) is 0 Å². The third-order valence-electron chi connectivity index (χ3n) is 4.77. The Morgan fingerprint density at radius 1 is 1.14 bits per heavy atom. The van der Waals surface area contributed by atoms with Crippen molar-refractivity contribution in [3.8, 4) is 5.75 Å². The predicted octanol–water partition coefficient (Wildman–Crippen LogP) is 1.95. The van der Waals surface area contributed by atoms with E-state index in [0.29, 0.717) is 6.54 Å². The normalized spacial score (nSPS) is 18.9. The maximum absolute atomic E-state index is 13.6. The zero-order chi connectivity index (χ0) is 21.0. The zero-order valence-electron chi connectivity index (χ0n) is 17.2. The van der Waals surface area contributed by atoms with Gasteiger partial charge in [-0.05, 0) is 29.8 Å². The fourth-order valence-electron chi connectivity index (χ4n) is 3.27. The lowest BCUT2D eigenvalue weighted by Gasteiger charge is -2.27. The first-order valence-corrected chi connectivity index (χ1v) is 10.5. The van der Waals surface area contributed by atoms with Gasteiger partial charge < -0.3 is 19.3 Å². The highest BCUT2D eigenvalue weighted by Gasteiger charge is 2.40. The van der Waals surface area contributed by atoms with Gasteiger partial charge in [-0.3, -0.25) is 9.59 Å². The molecule has 0 saturated carbocycles. The van der Waals surface area contributed by atoms with Crippen LogP contribution >= 0.6 is 11.8 Å². The molecule has 6 nitrogen and oxygen atoms in total. The van der Waals surface area contributed by atoms with Crippen LogP contribution in [0.15, 0.2) is 53.4 Å². The second-order valence-electron chi connectivity index (χ2n) is 7.26. The number of fused-ring (bicyclic) bond motifs is 1. The molecule has 0 fully saturated rings. The van der Waals surface area contributed by atoms with Crippen LogP contribution in [0.3, 0.4) is 0 Å². The smallest absolute Gasteiger partial charge is 0.303 e. The fourth-order valence-corrected chi connectivity index (χ4v) is 4.59. The van der Waals surface area contributed by atoms with E-state index in [2.05, 4.69) is 0 Å². The van der Waals surface area contributed by atoms with Crippen LogP contribution in [0.4, 0.5) is 5.69 Å². The van der Waals surface area contributed by atoms with Gasteiger partial charge in [-0.1, -0.05) is 24.3 Å². The molecule has 154 valence electrons. The van der Waals surface area contributed by atoms with Crippen molar-refractivity contribution in [1.29, 1.82) is 0 Å². The molecule has 0 radical (unpaired) electrons. The molecule has 1 amide bonds. The molecule has 7 heteroatoms. The van der Waals surface area contributed by atoms with Crippen LogP contribution in [0.1, 0.15) is 17.7 Å². The number of rotatable bonds is 6. The van der Waals surface area contributed by atoms with Gasteiger partial charge in [-0.2, -0.15) is 0 Å². The summed E-state index contributed by atoms with van der Waals surface area (Å²) < 4.78 is 10.8. The third kappa shape index (κ3) is 4.92. The summed E-state index contributed by atoms with van der Waals surface area (Å²) in [5.41, 5.74) is 1.77. The van der Waals surface area contributed by atoms with E-state index < -0.39 is 12.1 Å². The van der Waals surface area contributed by atoms with Gasteiger partial charge in [0, 0.05) is 11.8 Å². The summed E-state index contributed by atoms with van der Waals surface area (Å²) in [7, 11) is 5.71. The molecule has 2 unspecified atom stereocenters. The molecular weight excluding hydrogens is 388 g/mol. The van der Waals surface area contributed by atoms with E-state index in [-0.39, 0.29) is 11.2 Å². The van der Waals surface area contributed by atoms with Crippen LogP contribution in [-0.4, -0.2) is 52.3 Å². The number of benzene rings is 2. The molecule has 3 rings (SSSR count). The number of ether oxygens (including phenoxy) is 2. The van der Waals surface area contributed by atoms with Crippen LogP contribution in [0.25, 0.3) is 0 Å². The van der Waals surface area contributed by atoms with Crippen molar-refractivity contribution in [2.45, 2.75) is 23.2 Å². The molecule has 0 bridgehead atoms. The van der Waals surface area contributed by atoms with E-state index in [1.807, 2.05) is 62.6 Å². The van der Waals surface area contributed by atoms with Gasteiger partial charge in [-0.25, -0.2) is 0 Å². The molecule has 1 N–H and O–H groups in total. The largest absolute Gasteiger partial charge is 0.497 e. The summed E-state index contributed by atoms with van der Waals surface area (Å²) in [5, 5.41) is -0.352. The van der Waals surface area contributed by atoms with Crippen molar-refractivity contribution in [2.75, 3.05) is 39.2 Å². The number of hydrogen-bond donors (Lipinski definition) is 1. The first-order chi connectivity index (χ1) is 13.9. The number of amides is 1. The Bertz CT molecular complexity index is 869. The Hall–Kier alpha value is -2.51. The average Bonchev–Trinajstić information content (AvgIpc) is 2.81. The number of carbonyl (C=O) groups excluding carboxylic acids is 2. The number of likely N-dealkylation sites (N-methyl/N-ethyl adjacent to an activating group) is 1. The van der Waals surface area contributed by atoms with Gasteiger partial charge in [0.2, 0.25) is 0 Å². The van der Waals surface area contributed by atoms with Crippen LogP contribution < -0.4 is 14.5 Å². The third-order valence-corrected chi connectivity index (χ3v) is 6.14. The molecule has 1 aliphatic rings. The quantitative estimate of drug-likeness (QED) is 0.731. The maximum atomic E-state index is 13.6. The molecule has 1 heterocycles. The lowest BCUT2D eigenvalue weighted by atomic mass is 10.1. The lowest BCUT2D eigenvalue weighted by Crippen LogP contribution is -3.06. The van der Waals surface area contributed by atoms with E-state index >= 15 is 0 Å². The van der Waals surface area contributed by atoms with E-state index in [1.54, 1.807) is 23.8 Å². The summed E-state index contributed by atoms with van der Waals surface area (Å²) >= 11 is 1.55. The predicted molar refractivity (Wildman–Crippen MR) is 114 cm³/mol. The molecule has 29 heavy (non-hydrogen) atoms. The van der Waals surface area contributed by atoms with Gasteiger partial charge in [0.05, 0.1) is 45.2 Å². The molecular formula is C22H27N2O4S+. The minimum atomic E-state index is -0.907. The summed E-state index contributed by atoms with van der Waals surface area (Å²) in [6, 6.07) is 15.4. The molecule has 2 aromatic carbocycles. The zero-order valence-corrected chi connectivity index (χ0v) is 18.0. The summed E-state index contributed by atoms with van der Waals surface area (Å²) in [5.74, 6) is 0.0741. The van der Waals surface area contributed by atoms with Crippen LogP contribution in [-0.2, 0) is 14.3 Å². The van der Waals surface area contributed by atoms with Crippen molar-refractivity contribution in [3.05, 3.63) is 54.1 Å². The molecule has 2 atom stereocenters. The summed E-state index contributed by atoms with van der Waals surface area (Å²) in [6.07, 6.45) is -0.907. The highest BCUT2D eigenvalue weighted by Crippen LogP contribution is 2.46. The summed E-state index contributed by atoms with van der Waals surface area (Å²) in [4.78, 5) is 29.4. The van der Waals surface area contributed by atoms with Crippen molar-refractivity contribution in [2.24, 2.45) is 0 Å². The van der Waals surface area contributed by atoms with Crippen molar-refractivity contribution >= 4 is 29.3 Å². The number of anilines is 1. The molecule has 0 saturated heterocycles. The second-order valence-corrected chi connectivity index (χ2v) is 8.44. The number of carbonyl (C=O) groups is 2. The Balaban J connectivity index is 2.06. The van der Waals surface area contributed by atoms with Crippen LogP contribution in [0.5, 0.6) is 5.75 Å². The molecule has 0 spiro atoms. The average molecular weight is 416 g/mol. The van der Waals surface area contributed by atoms with E-state index in [9.17, 15) is 9.59 Å². The Morgan fingerprint density at radius 2 is 1.83 bits per heavy atom. The topological polar surface area (TPSA) is 60.3 Å². The number of hydrogen-bond acceptors (Lipinski definition) is 5. The van der Waals surface area contributed by atoms with Gasteiger partial charge in [0.1, 0.15) is 5.75 Å². The number of esters is 1. The van der Waals surface area contributed by atoms with Crippen molar-refractivity contribution in [3.63, 3.8) is 0 Å². The second kappa shape index (κ2) is 9.33. The SMILES string of the molecule is COc1ccc(C2Sc3ccccc3N(CC[NH+](C)C)C(=O)C2OC(C)=O)cc1.